The number of rotatable bonds is 6. The molecule has 6 nitrogen and oxygen atoms in total. The molecule has 0 aliphatic carbocycles. The minimum Gasteiger partial charge on any atom is -0.376 e. The first-order valence-corrected chi connectivity index (χ1v) is 9.01. The Morgan fingerprint density at radius 3 is 2.74 bits per heavy atom. The van der Waals surface area contributed by atoms with E-state index in [-0.39, 0.29) is 48.3 Å². The molecule has 1 aliphatic rings. The third kappa shape index (κ3) is 8.42. The summed E-state index contributed by atoms with van der Waals surface area (Å²) in [4.78, 5) is 19.7. The number of guanidine groups is 1. The predicted octanol–water partition coefficient (Wildman–Crippen LogP) is 2.48. The zero-order valence-corrected chi connectivity index (χ0v) is 18.6. The van der Waals surface area contributed by atoms with Crippen molar-refractivity contribution in [2.45, 2.75) is 31.9 Å². The van der Waals surface area contributed by atoms with Crippen LogP contribution >= 0.6 is 24.0 Å². The van der Waals surface area contributed by atoms with Gasteiger partial charge in [-0.05, 0) is 37.0 Å². The van der Waals surface area contributed by atoms with E-state index in [0.717, 1.165) is 31.4 Å². The van der Waals surface area contributed by atoms with E-state index < -0.39 is 0 Å². The summed E-state index contributed by atoms with van der Waals surface area (Å²) in [5.41, 5.74) is 0.842. The van der Waals surface area contributed by atoms with Crippen molar-refractivity contribution in [1.82, 2.24) is 15.1 Å². The van der Waals surface area contributed by atoms with Gasteiger partial charge < -0.3 is 19.9 Å². The second kappa shape index (κ2) is 12.1. The second-order valence-electron chi connectivity index (χ2n) is 6.78. The van der Waals surface area contributed by atoms with E-state index in [0.29, 0.717) is 19.0 Å². The lowest BCUT2D eigenvalue weighted by Crippen LogP contribution is -2.43. The highest BCUT2D eigenvalue weighted by Crippen LogP contribution is 2.12. The molecule has 0 aromatic heterocycles. The van der Waals surface area contributed by atoms with Gasteiger partial charge in [0.2, 0.25) is 5.91 Å². The number of aliphatic imine (C=N–C) groups is 1. The van der Waals surface area contributed by atoms with Crippen molar-refractivity contribution in [3.8, 4) is 0 Å². The first-order chi connectivity index (χ1) is 12.5. The van der Waals surface area contributed by atoms with Crippen LogP contribution in [0.2, 0.25) is 0 Å². The molecule has 0 saturated carbocycles. The van der Waals surface area contributed by atoms with Gasteiger partial charge in [0, 0.05) is 40.8 Å². The fourth-order valence-electron chi connectivity index (χ4n) is 2.75. The van der Waals surface area contributed by atoms with Crippen molar-refractivity contribution in [2.24, 2.45) is 4.99 Å². The molecule has 152 valence electrons. The van der Waals surface area contributed by atoms with Crippen LogP contribution in [0.1, 0.15) is 24.8 Å². The van der Waals surface area contributed by atoms with Crippen LogP contribution in [-0.4, -0.2) is 68.6 Å². The molecule has 1 amide bonds. The van der Waals surface area contributed by atoms with Gasteiger partial charge in [-0.3, -0.25) is 4.79 Å². The molecule has 1 atom stereocenters. The highest BCUT2D eigenvalue weighted by Gasteiger charge is 2.16. The van der Waals surface area contributed by atoms with Gasteiger partial charge >= 0.3 is 0 Å². The van der Waals surface area contributed by atoms with Crippen molar-refractivity contribution in [3.05, 3.63) is 35.6 Å². The Balaban J connectivity index is 0.00000364. The number of carbonyl (C=O) groups is 1. The van der Waals surface area contributed by atoms with E-state index in [1.807, 2.05) is 18.0 Å². The zero-order chi connectivity index (χ0) is 18.9. The van der Waals surface area contributed by atoms with Crippen molar-refractivity contribution in [3.63, 3.8) is 0 Å². The van der Waals surface area contributed by atoms with Crippen LogP contribution in [0, 0.1) is 5.82 Å². The summed E-state index contributed by atoms with van der Waals surface area (Å²) in [5.74, 6) is 0.275. The molecule has 27 heavy (non-hydrogen) atoms. The highest BCUT2D eigenvalue weighted by atomic mass is 127. The number of ether oxygens (including phenoxy) is 1. The average Bonchev–Trinajstić information content (AvgIpc) is 2.62. The summed E-state index contributed by atoms with van der Waals surface area (Å²) in [6.45, 7) is 1.99. The first kappa shape index (κ1) is 23.6. The summed E-state index contributed by atoms with van der Waals surface area (Å²) in [6.07, 6.45) is 3.44. The molecule has 1 heterocycles. The molecule has 2 rings (SSSR count). The molecular formula is C19H30FIN4O2. The highest BCUT2D eigenvalue weighted by molar-refractivity contribution is 14.0. The Bertz CT molecular complexity index is 621. The van der Waals surface area contributed by atoms with Crippen LogP contribution < -0.4 is 5.32 Å². The Morgan fingerprint density at radius 2 is 2.11 bits per heavy atom. The van der Waals surface area contributed by atoms with Gasteiger partial charge in [0.05, 0.1) is 6.10 Å². The minimum absolute atomic E-state index is 0. The monoisotopic (exact) mass is 492 g/mol. The SMILES string of the molecule is CN(C)C(=O)CN=C(NCC1CCCCO1)N(C)Cc1cccc(F)c1.I. The first-order valence-electron chi connectivity index (χ1n) is 9.01. The number of hydrogen-bond acceptors (Lipinski definition) is 3. The van der Waals surface area contributed by atoms with Crippen LogP contribution in [0.5, 0.6) is 0 Å². The van der Waals surface area contributed by atoms with E-state index >= 15 is 0 Å². The van der Waals surface area contributed by atoms with Gasteiger partial charge in [0.1, 0.15) is 12.4 Å². The number of hydrogen-bond donors (Lipinski definition) is 1. The molecule has 0 bridgehead atoms. The van der Waals surface area contributed by atoms with E-state index in [2.05, 4.69) is 10.3 Å². The molecular weight excluding hydrogens is 462 g/mol. The van der Waals surface area contributed by atoms with Gasteiger partial charge in [0.25, 0.3) is 0 Å². The van der Waals surface area contributed by atoms with Crippen LogP contribution in [0.4, 0.5) is 4.39 Å². The molecule has 1 saturated heterocycles. The molecule has 1 aromatic rings. The summed E-state index contributed by atoms with van der Waals surface area (Å²) in [6, 6.07) is 6.48. The van der Waals surface area contributed by atoms with Gasteiger partial charge in [0.15, 0.2) is 5.96 Å². The molecule has 1 N–H and O–H groups in total. The Morgan fingerprint density at radius 1 is 1.33 bits per heavy atom. The van der Waals surface area contributed by atoms with Crippen molar-refractivity contribution in [1.29, 1.82) is 0 Å². The van der Waals surface area contributed by atoms with Crippen LogP contribution in [-0.2, 0) is 16.1 Å². The van der Waals surface area contributed by atoms with Gasteiger partial charge in [-0.2, -0.15) is 0 Å². The fourth-order valence-corrected chi connectivity index (χ4v) is 2.75. The van der Waals surface area contributed by atoms with Gasteiger partial charge in [-0.15, -0.1) is 24.0 Å². The summed E-state index contributed by atoms with van der Waals surface area (Å²) >= 11 is 0. The van der Waals surface area contributed by atoms with Crippen LogP contribution in [0.15, 0.2) is 29.3 Å². The normalized spacial score (nSPS) is 17.0. The van der Waals surface area contributed by atoms with E-state index in [9.17, 15) is 9.18 Å². The largest absolute Gasteiger partial charge is 0.376 e. The molecule has 0 spiro atoms. The molecule has 1 unspecified atom stereocenters. The maximum atomic E-state index is 13.4. The number of nitrogens with zero attached hydrogens (tertiary/aromatic N) is 3. The molecule has 0 radical (unpaired) electrons. The Labute approximate surface area is 178 Å². The van der Waals surface area contributed by atoms with Crippen LogP contribution in [0.25, 0.3) is 0 Å². The number of halogens is 2. The number of carbonyl (C=O) groups excluding carboxylic acids is 1. The summed E-state index contributed by atoms with van der Waals surface area (Å²) in [5, 5.41) is 3.30. The summed E-state index contributed by atoms with van der Waals surface area (Å²) in [7, 11) is 5.28. The fraction of sp³-hybridized carbons (Fsp3) is 0.579. The lowest BCUT2D eigenvalue weighted by Gasteiger charge is -2.27. The lowest BCUT2D eigenvalue weighted by molar-refractivity contribution is -0.127. The lowest BCUT2D eigenvalue weighted by atomic mass is 10.1. The minimum atomic E-state index is -0.263. The third-order valence-corrected chi connectivity index (χ3v) is 4.30. The summed E-state index contributed by atoms with van der Waals surface area (Å²) < 4.78 is 19.2. The average molecular weight is 492 g/mol. The van der Waals surface area contributed by atoms with E-state index in [1.54, 1.807) is 20.2 Å². The second-order valence-corrected chi connectivity index (χ2v) is 6.78. The number of amides is 1. The zero-order valence-electron chi connectivity index (χ0n) is 16.3. The number of likely N-dealkylation sites (N-methyl/N-ethyl adjacent to an activating group) is 1. The molecule has 1 fully saturated rings. The van der Waals surface area contributed by atoms with E-state index in [4.69, 9.17) is 4.74 Å². The van der Waals surface area contributed by atoms with Crippen molar-refractivity contribution >= 4 is 35.8 Å². The van der Waals surface area contributed by atoms with Crippen LogP contribution in [0.3, 0.4) is 0 Å². The molecule has 8 heteroatoms. The standard InChI is InChI=1S/C19H29FN4O2.HI/c1-23(2)18(25)13-22-19(21-12-17-9-4-5-10-26-17)24(3)14-15-7-6-8-16(20)11-15;/h6-8,11,17H,4-5,9-10,12-14H2,1-3H3,(H,21,22);1H. The van der Waals surface area contributed by atoms with Gasteiger partial charge in [-0.25, -0.2) is 9.38 Å². The Hall–Kier alpha value is -1.42. The molecule has 1 aliphatic heterocycles. The van der Waals surface area contributed by atoms with E-state index in [1.165, 1.54) is 17.0 Å². The Kier molecular flexibility index (Phi) is 10.6. The quantitative estimate of drug-likeness (QED) is 0.377. The third-order valence-electron chi connectivity index (χ3n) is 4.30. The molecule has 1 aromatic carbocycles. The topological polar surface area (TPSA) is 57.2 Å². The smallest absolute Gasteiger partial charge is 0.243 e. The maximum absolute atomic E-state index is 13.4. The van der Waals surface area contributed by atoms with Crippen molar-refractivity contribution in [2.75, 3.05) is 40.8 Å². The van der Waals surface area contributed by atoms with Crippen molar-refractivity contribution < 1.29 is 13.9 Å². The number of nitrogens with one attached hydrogen (secondary N) is 1. The maximum Gasteiger partial charge on any atom is 0.243 e. The predicted molar refractivity (Wildman–Crippen MR) is 116 cm³/mol. The number of benzene rings is 1. The van der Waals surface area contributed by atoms with Gasteiger partial charge in [-0.1, -0.05) is 12.1 Å².